The number of amides is 2. The van der Waals surface area contributed by atoms with E-state index in [1.54, 1.807) is 31.2 Å². The second-order valence-corrected chi connectivity index (χ2v) is 5.73. The third-order valence-electron chi connectivity index (χ3n) is 3.76. The summed E-state index contributed by atoms with van der Waals surface area (Å²) >= 11 is 0. The van der Waals surface area contributed by atoms with Crippen LogP contribution >= 0.6 is 0 Å². The normalized spacial score (nSPS) is 12.9. The highest BCUT2D eigenvalue weighted by atomic mass is 16.5. The number of nitrogens with one attached hydrogen (secondary N) is 2. The summed E-state index contributed by atoms with van der Waals surface area (Å²) in [5, 5.41) is 5.50. The van der Waals surface area contributed by atoms with Crippen LogP contribution in [0.1, 0.15) is 12.5 Å². The number of benzene rings is 2. The van der Waals surface area contributed by atoms with Gasteiger partial charge in [0.05, 0.1) is 6.04 Å². The lowest BCUT2D eigenvalue weighted by Crippen LogP contribution is -2.37. The predicted molar refractivity (Wildman–Crippen MR) is 98.3 cm³/mol. The van der Waals surface area contributed by atoms with E-state index in [1.165, 1.54) is 7.11 Å². The largest absolute Gasteiger partial charge is 0.372 e. The molecule has 6 nitrogen and oxygen atoms in total. The van der Waals surface area contributed by atoms with Gasteiger partial charge in [0.2, 0.25) is 5.91 Å². The molecule has 0 aliphatic carbocycles. The maximum absolute atomic E-state index is 12.3. The second-order valence-electron chi connectivity index (χ2n) is 5.73. The molecule has 2 aromatic rings. The number of anilines is 2. The maximum atomic E-state index is 12.3. The highest BCUT2D eigenvalue weighted by Gasteiger charge is 2.15. The Bertz CT molecular complexity index is 719. The van der Waals surface area contributed by atoms with Crippen LogP contribution in [-0.4, -0.2) is 31.1 Å². The molecule has 0 aliphatic heterocycles. The minimum absolute atomic E-state index is 0.258. The third kappa shape index (κ3) is 5.70. The van der Waals surface area contributed by atoms with Crippen LogP contribution in [0.3, 0.4) is 0 Å². The summed E-state index contributed by atoms with van der Waals surface area (Å²) < 4.78 is 4.97. The van der Waals surface area contributed by atoms with Crippen molar-refractivity contribution in [3.63, 3.8) is 0 Å². The summed E-state index contributed by atoms with van der Waals surface area (Å²) in [7, 11) is 1.47. The molecule has 4 N–H and O–H groups in total. The predicted octanol–water partition coefficient (Wildman–Crippen LogP) is 2.17. The van der Waals surface area contributed by atoms with Crippen molar-refractivity contribution in [2.24, 2.45) is 5.73 Å². The van der Waals surface area contributed by atoms with Crippen LogP contribution in [-0.2, 0) is 20.7 Å². The Balaban J connectivity index is 1.96. The molecule has 6 heteroatoms. The molecule has 0 aromatic heterocycles. The fourth-order valence-corrected chi connectivity index (χ4v) is 2.22. The first-order valence-electron chi connectivity index (χ1n) is 8.03. The van der Waals surface area contributed by atoms with E-state index < -0.39 is 12.1 Å². The molecule has 25 heavy (non-hydrogen) atoms. The van der Waals surface area contributed by atoms with Crippen molar-refractivity contribution in [3.05, 3.63) is 60.2 Å². The molecule has 0 aliphatic rings. The van der Waals surface area contributed by atoms with Crippen molar-refractivity contribution >= 4 is 23.2 Å². The fraction of sp³-hybridized carbons (Fsp3) is 0.263. The van der Waals surface area contributed by atoms with E-state index in [1.807, 2.05) is 30.3 Å². The lowest BCUT2D eigenvalue weighted by atomic mass is 10.1. The molecule has 0 radical (unpaired) electrons. The first kappa shape index (κ1) is 18.6. The molecule has 0 bridgehead atoms. The smallest absolute Gasteiger partial charge is 0.253 e. The van der Waals surface area contributed by atoms with E-state index in [-0.39, 0.29) is 11.8 Å². The molecule has 2 aromatic carbocycles. The van der Waals surface area contributed by atoms with E-state index in [0.29, 0.717) is 17.8 Å². The lowest BCUT2D eigenvalue weighted by molar-refractivity contribution is -0.124. The minimum atomic E-state index is -0.658. The molecule has 132 valence electrons. The van der Waals surface area contributed by atoms with Crippen LogP contribution in [0.15, 0.2) is 54.6 Å². The van der Waals surface area contributed by atoms with Gasteiger partial charge < -0.3 is 21.1 Å². The zero-order chi connectivity index (χ0) is 18.2. The summed E-state index contributed by atoms with van der Waals surface area (Å²) in [5.41, 5.74) is 8.11. The molecule has 0 saturated carbocycles. The molecule has 0 saturated heterocycles. The van der Waals surface area contributed by atoms with E-state index in [0.717, 1.165) is 5.56 Å². The van der Waals surface area contributed by atoms with Gasteiger partial charge in [0.25, 0.3) is 5.91 Å². The number of carbonyl (C=O) groups is 2. The van der Waals surface area contributed by atoms with E-state index in [4.69, 9.17) is 10.5 Å². The summed E-state index contributed by atoms with van der Waals surface area (Å²) in [5.74, 6) is -0.538. The van der Waals surface area contributed by atoms with Crippen molar-refractivity contribution in [3.8, 4) is 0 Å². The van der Waals surface area contributed by atoms with Gasteiger partial charge in [-0.25, -0.2) is 0 Å². The Kier molecular flexibility index (Phi) is 6.68. The molecular weight excluding hydrogens is 318 g/mol. The molecule has 0 heterocycles. The summed E-state index contributed by atoms with van der Waals surface area (Å²) in [6.45, 7) is 1.66. The van der Waals surface area contributed by atoms with Crippen LogP contribution in [0.25, 0.3) is 0 Å². The van der Waals surface area contributed by atoms with Gasteiger partial charge in [-0.3, -0.25) is 9.59 Å². The Morgan fingerprint density at radius 2 is 1.60 bits per heavy atom. The van der Waals surface area contributed by atoms with E-state index in [9.17, 15) is 9.59 Å². The van der Waals surface area contributed by atoms with Gasteiger partial charge in [-0.15, -0.1) is 0 Å². The van der Waals surface area contributed by atoms with Crippen LogP contribution in [0.2, 0.25) is 0 Å². The topological polar surface area (TPSA) is 93.5 Å². The Morgan fingerprint density at radius 1 is 1.00 bits per heavy atom. The van der Waals surface area contributed by atoms with Crippen LogP contribution in [0, 0.1) is 0 Å². The maximum Gasteiger partial charge on any atom is 0.253 e. The van der Waals surface area contributed by atoms with Gasteiger partial charge in [0, 0.05) is 18.5 Å². The first-order valence-corrected chi connectivity index (χ1v) is 8.03. The Hall–Kier alpha value is -2.70. The van der Waals surface area contributed by atoms with Gasteiger partial charge >= 0.3 is 0 Å². The first-order chi connectivity index (χ1) is 12.0. The zero-order valence-corrected chi connectivity index (χ0v) is 14.4. The van der Waals surface area contributed by atoms with Gasteiger partial charge in [-0.05, 0) is 37.1 Å². The summed E-state index contributed by atoms with van der Waals surface area (Å²) in [6, 6.07) is 15.8. The number of hydrogen-bond donors (Lipinski definition) is 3. The van der Waals surface area contributed by atoms with Gasteiger partial charge in [-0.1, -0.05) is 36.4 Å². The molecule has 2 rings (SSSR count). The second kappa shape index (κ2) is 8.96. The molecule has 2 amide bonds. The zero-order valence-electron chi connectivity index (χ0n) is 14.4. The van der Waals surface area contributed by atoms with Crippen LogP contribution in [0.5, 0.6) is 0 Å². The molecule has 1 unspecified atom stereocenters. The molecule has 0 fully saturated rings. The fourth-order valence-electron chi connectivity index (χ4n) is 2.22. The number of methoxy groups -OCH3 is 1. The van der Waals surface area contributed by atoms with Gasteiger partial charge in [0.1, 0.15) is 6.10 Å². The number of nitrogens with two attached hydrogens (primary N) is 1. The Morgan fingerprint density at radius 3 is 2.20 bits per heavy atom. The highest BCUT2D eigenvalue weighted by Crippen LogP contribution is 2.16. The van der Waals surface area contributed by atoms with Gasteiger partial charge in [0.15, 0.2) is 0 Å². The number of hydrogen-bond acceptors (Lipinski definition) is 4. The van der Waals surface area contributed by atoms with E-state index >= 15 is 0 Å². The number of rotatable bonds is 7. The van der Waals surface area contributed by atoms with Crippen molar-refractivity contribution < 1.29 is 14.3 Å². The van der Waals surface area contributed by atoms with Gasteiger partial charge in [-0.2, -0.15) is 0 Å². The van der Waals surface area contributed by atoms with Crippen molar-refractivity contribution in [1.82, 2.24) is 0 Å². The monoisotopic (exact) mass is 341 g/mol. The number of carbonyl (C=O) groups excluding carboxylic acids is 2. The standard InChI is InChI=1S/C19H23N3O3/c1-13(25-2)18(23)21-15-9-6-10-16(12-15)22-19(24)17(20)11-14-7-4-3-5-8-14/h3-10,12-13,17H,11,20H2,1-2H3,(H,21,23)(H,22,24)/t13?,17-/m0/s1. The lowest BCUT2D eigenvalue weighted by Gasteiger charge is -2.14. The SMILES string of the molecule is COC(C)C(=O)Nc1cccc(NC(=O)[C@@H](N)Cc2ccccc2)c1. The summed E-state index contributed by atoms with van der Waals surface area (Å²) in [6.07, 6.45) is -0.105. The average molecular weight is 341 g/mol. The number of ether oxygens (including phenoxy) is 1. The molecule has 2 atom stereocenters. The van der Waals surface area contributed by atoms with Crippen molar-refractivity contribution in [1.29, 1.82) is 0 Å². The average Bonchev–Trinajstić information content (AvgIpc) is 2.62. The van der Waals surface area contributed by atoms with Crippen LogP contribution < -0.4 is 16.4 Å². The molecule has 0 spiro atoms. The van der Waals surface area contributed by atoms with E-state index in [2.05, 4.69) is 10.6 Å². The quantitative estimate of drug-likeness (QED) is 0.719. The summed E-state index contributed by atoms with van der Waals surface area (Å²) in [4.78, 5) is 24.1. The molecular formula is C19H23N3O3. The Labute approximate surface area is 147 Å². The highest BCUT2D eigenvalue weighted by molar-refractivity contribution is 5.97. The van der Waals surface area contributed by atoms with Crippen molar-refractivity contribution in [2.75, 3.05) is 17.7 Å². The van der Waals surface area contributed by atoms with Crippen molar-refractivity contribution in [2.45, 2.75) is 25.5 Å². The third-order valence-corrected chi connectivity index (χ3v) is 3.76. The van der Waals surface area contributed by atoms with Crippen LogP contribution in [0.4, 0.5) is 11.4 Å². The minimum Gasteiger partial charge on any atom is -0.372 e.